The van der Waals surface area contributed by atoms with Gasteiger partial charge in [0.1, 0.15) is 5.75 Å². The van der Waals surface area contributed by atoms with E-state index in [-0.39, 0.29) is 18.6 Å². The number of benzene rings is 2. The van der Waals surface area contributed by atoms with E-state index in [4.69, 9.17) is 4.74 Å². The molecule has 0 saturated carbocycles. The minimum Gasteiger partial charge on any atom is -0.491 e. The van der Waals surface area contributed by atoms with Gasteiger partial charge in [-0.05, 0) is 44.4 Å². The normalized spacial score (nSPS) is 11.3. The monoisotopic (exact) mass is 396 g/mol. The second kappa shape index (κ2) is 11.7. The molecule has 0 saturated heterocycles. The van der Waals surface area contributed by atoms with Crippen LogP contribution in [0.1, 0.15) is 30.5 Å². The maximum atomic E-state index is 12.1. The Bertz CT molecular complexity index is 804. The Morgan fingerprint density at radius 2 is 1.83 bits per heavy atom. The van der Waals surface area contributed by atoms with Crippen molar-refractivity contribution in [3.63, 3.8) is 0 Å². The summed E-state index contributed by atoms with van der Waals surface area (Å²) in [4.78, 5) is 16.2. The number of ether oxygens (including phenoxy) is 1. The van der Waals surface area contributed by atoms with Gasteiger partial charge in [-0.2, -0.15) is 0 Å². The van der Waals surface area contributed by atoms with Crippen LogP contribution in [0.2, 0.25) is 0 Å². The van der Waals surface area contributed by atoms with Crippen molar-refractivity contribution in [2.24, 2.45) is 4.99 Å². The molecule has 2 aromatic rings. The molecule has 0 unspecified atom stereocenters. The average molecular weight is 397 g/mol. The van der Waals surface area contributed by atoms with Crippen LogP contribution in [0.15, 0.2) is 53.5 Å². The van der Waals surface area contributed by atoms with E-state index in [1.807, 2.05) is 51.1 Å². The molecule has 0 spiro atoms. The molecule has 0 heterocycles. The fourth-order valence-corrected chi connectivity index (χ4v) is 2.79. The third kappa shape index (κ3) is 8.25. The first-order valence-electron chi connectivity index (χ1n) is 9.99. The summed E-state index contributed by atoms with van der Waals surface area (Å²) in [6.07, 6.45) is 0.915. The number of hydrogen-bond donors (Lipinski definition) is 3. The Morgan fingerprint density at radius 3 is 2.52 bits per heavy atom. The number of hydrogen-bond acceptors (Lipinski definition) is 3. The Kier molecular flexibility index (Phi) is 9.02. The van der Waals surface area contributed by atoms with Crippen LogP contribution in [0.5, 0.6) is 5.75 Å². The highest BCUT2D eigenvalue weighted by atomic mass is 16.5. The summed E-state index contributed by atoms with van der Waals surface area (Å²) < 4.78 is 5.91. The molecular formula is C23H32N4O2. The van der Waals surface area contributed by atoms with Crippen molar-refractivity contribution in [2.75, 3.05) is 20.1 Å². The molecule has 0 aliphatic rings. The molecule has 0 radical (unpaired) electrons. The SMILES string of the molecule is CN=C(NCC(=O)NCCc1ccccc1)NCc1ccc(C)cc1OC(C)C. The molecule has 29 heavy (non-hydrogen) atoms. The molecule has 2 rings (SSSR count). The number of nitrogens with zero attached hydrogens (tertiary/aromatic N) is 1. The number of guanidine groups is 1. The second-order valence-corrected chi connectivity index (χ2v) is 7.14. The molecule has 156 valence electrons. The maximum absolute atomic E-state index is 12.1. The fourth-order valence-electron chi connectivity index (χ4n) is 2.79. The second-order valence-electron chi connectivity index (χ2n) is 7.14. The standard InChI is InChI=1S/C23H32N4O2/c1-17(2)29-21-14-18(3)10-11-20(21)15-26-23(24-4)27-16-22(28)25-13-12-19-8-6-5-7-9-19/h5-11,14,17H,12-13,15-16H2,1-4H3,(H,25,28)(H2,24,26,27). The molecule has 6 nitrogen and oxygen atoms in total. The van der Waals surface area contributed by atoms with Crippen LogP contribution in [0.4, 0.5) is 0 Å². The van der Waals surface area contributed by atoms with Crippen LogP contribution in [0.3, 0.4) is 0 Å². The molecule has 2 aromatic carbocycles. The van der Waals surface area contributed by atoms with Gasteiger partial charge in [0, 0.05) is 25.7 Å². The Balaban J connectivity index is 1.77. The van der Waals surface area contributed by atoms with E-state index in [9.17, 15) is 4.79 Å². The predicted octanol–water partition coefficient (Wildman–Crippen LogP) is 2.81. The van der Waals surface area contributed by atoms with Crippen LogP contribution in [0.25, 0.3) is 0 Å². The Morgan fingerprint density at radius 1 is 1.07 bits per heavy atom. The van der Waals surface area contributed by atoms with E-state index in [2.05, 4.69) is 39.1 Å². The number of rotatable bonds is 9. The molecule has 0 atom stereocenters. The molecule has 6 heteroatoms. The van der Waals surface area contributed by atoms with E-state index >= 15 is 0 Å². The lowest BCUT2D eigenvalue weighted by Gasteiger charge is -2.17. The van der Waals surface area contributed by atoms with Crippen LogP contribution in [-0.2, 0) is 17.8 Å². The van der Waals surface area contributed by atoms with Gasteiger partial charge in [-0.3, -0.25) is 9.79 Å². The molecule has 1 amide bonds. The minimum atomic E-state index is -0.0666. The molecule has 0 aliphatic carbocycles. The van der Waals surface area contributed by atoms with Crippen LogP contribution in [-0.4, -0.2) is 38.1 Å². The first-order chi connectivity index (χ1) is 14.0. The van der Waals surface area contributed by atoms with Gasteiger partial charge in [0.25, 0.3) is 0 Å². The van der Waals surface area contributed by atoms with Gasteiger partial charge in [0.15, 0.2) is 5.96 Å². The number of aryl methyl sites for hydroxylation is 1. The lowest BCUT2D eigenvalue weighted by atomic mass is 10.1. The first kappa shape index (κ1) is 22.3. The largest absolute Gasteiger partial charge is 0.491 e. The zero-order chi connectivity index (χ0) is 21.1. The van der Waals surface area contributed by atoms with Crippen LogP contribution in [0, 0.1) is 6.92 Å². The first-order valence-corrected chi connectivity index (χ1v) is 9.99. The van der Waals surface area contributed by atoms with Gasteiger partial charge in [0.05, 0.1) is 12.6 Å². The maximum Gasteiger partial charge on any atom is 0.239 e. The quantitative estimate of drug-likeness (QED) is 0.450. The van der Waals surface area contributed by atoms with Crippen molar-refractivity contribution in [1.82, 2.24) is 16.0 Å². The van der Waals surface area contributed by atoms with Gasteiger partial charge in [0.2, 0.25) is 5.91 Å². The third-order valence-electron chi connectivity index (χ3n) is 4.25. The minimum absolute atomic E-state index is 0.0666. The van der Waals surface area contributed by atoms with Gasteiger partial charge >= 0.3 is 0 Å². The Labute approximate surface area is 173 Å². The van der Waals surface area contributed by atoms with E-state index in [0.29, 0.717) is 19.0 Å². The van der Waals surface area contributed by atoms with Gasteiger partial charge < -0.3 is 20.7 Å². The number of carbonyl (C=O) groups excluding carboxylic acids is 1. The third-order valence-corrected chi connectivity index (χ3v) is 4.25. The topological polar surface area (TPSA) is 74.8 Å². The Hall–Kier alpha value is -3.02. The van der Waals surface area contributed by atoms with Crippen molar-refractivity contribution < 1.29 is 9.53 Å². The zero-order valence-electron chi connectivity index (χ0n) is 17.8. The molecule has 0 aliphatic heterocycles. The van der Waals surface area contributed by atoms with E-state index < -0.39 is 0 Å². The van der Waals surface area contributed by atoms with E-state index in [1.54, 1.807) is 7.05 Å². The van der Waals surface area contributed by atoms with E-state index in [1.165, 1.54) is 5.56 Å². The van der Waals surface area contributed by atoms with Gasteiger partial charge in [-0.15, -0.1) is 0 Å². The smallest absolute Gasteiger partial charge is 0.239 e. The van der Waals surface area contributed by atoms with Crippen LogP contribution < -0.4 is 20.7 Å². The molecule has 0 aromatic heterocycles. The number of amides is 1. The summed E-state index contributed by atoms with van der Waals surface area (Å²) in [7, 11) is 1.68. The summed E-state index contributed by atoms with van der Waals surface area (Å²) in [6.45, 7) is 7.39. The molecule has 0 fully saturated rings. The van der Waals surface area contributed by atoms with Crippen molar-refractivity contribution in [3.05, 3.63) is 65.2 Å². The summed E-state index contributed by atoms with van der Waals surface area (Å²) in [5.74, 6) is 1.36. The summed E-state index contributed by atoms with van der Waals surface area (Å²) in [5, 5.41) is 9.20. The zero-order valence-corrected chi connectivity index (χ0v) is 17.8. The molecule has 3 N–H and O–H groups in total. The lowest BCUT2D eigenvalue weighted by molar-refractivity contribution is -0.119. The lowest BCUT2D eigenvalue weighted by Crippen LogP contribution is -2.43. The van der Waals surface area contributed by atoms with Crippen molar-refractivity contribution in [1.29, 1.82) is 0 Å². The van der Waals surface area contributed by atoms with E-state index in [0.717, 1.165) is 23.3 Å². The number of aliphatic imine (C=N–C) groups is 1. The van der Waals surface area contributed by atoms with Crippen LogP contribution >= 0.6 is 0 Å². The highest BCUT2D eigenvalue weighted by Crippen LogP contribution is 2.21. The number of carbonyl (C=O) groups is 1. The summed E-state index contributed by atoms with van der Waals surface area (Å²) in [5.41, 5.74) is 3.40. The van der Waals surface area contributed by atoms with Gasteiger partial charge in [-0.1, -0.05) is 42.5 Å². The number of nitrogens with one attached hydrogen (secondary N) is 3. The van der Waals surface area contributed by atoms with Gasteiger partial charge in [-0.25, -0.2) is 0 Å². The average Bonchev–Trinajstić information content (AvgIpc) is 2.69. The highest BCUT2D eigenvalue weighted by molar-refractivity contribution is 5.86. The predicted molar refractivity (Wildman–Crippen MR) is 118 cm³/mol. The highest BCUT2D eigenvalue weighted by Gasteiger charge is 2.08. The summed E-state index contributed by atoms with van der Waals surface area (Å²) >= 11 is 0. The van der Waals surface area contributed by atoms with Crippen molar-refractivity contribution in [2.45, 2.75) is 39.8 Å². The van der Waals surface area contributed by atoms with Crippen molar-refractivity contribution in [3.8, 4) is 5.75 Å². The molecule has 0 bridgehead atoms. The van der Waals surface area contributed by atoms with Crippen molar-refractivity contribution >= 4 is 11.9 Å². The summed E-state index contributed by atoms with van der Waals surface area (Å²) in [6, 6.07) is 16.2. The molecular weight excluding hydrogens is 364 g/mol. The fraction of sp³-hybridized carbons (Fsp3) is 0.391.